The lowest BCUT2D eigenvalue weighted by atomic mass is 9.93. The van der Waals surface area contributed by atoms with E-state index < -0.39 is 15.9 Å². The molecule has 126 valence electrons. The van der Waals surface area contributed by atoms with Gasteiger partial charge in [0, 0.05) is 12.7 Å². The molecule has 0 unspecified atom stereocenters. The van der Waals surface area contributed by atoms with E-state index in [4.69, 9.17) is 0 Å². The number of anilines is 2. The second-order valence-corrected chi connectivity index (χ2v) is 7.90. The van der Waals surface area contributed by atoms with Crippen LogP contribution in [0.1, 0.15) is 33.6 Å². The maximum absolute atomic E-state index is 12.5. The molecule has 1 aromatic carbocycles. The zero-order valence-corrected chi connectivity index (χ0v) is 14.6. The molecular formula is C16H22N2O4S. The van der Waals surface area contributed by atoms with E-state index in [9.17, 15) is 18.0 Å². The van der Waals surface area contributed by atoms with Crippen molar-refractivity contribution in [2.75, 3.05) is 16.5 Å². The summed E-state index contributed by atoms with van der Waals surface area (Å²) in [6.07, 6.45) is 2.13. The minimum Gasteiger partial charge on any atom is -0.322 e. The molecule has 7 heteroatoms. The van der Waals surface area contributed by atoms with Crippen molar-refractivity contribution in [3.8, 4) is 0 Å². The van der Waals surface area contributed by atoms with Crippen LogP contribution in [0.25, 0.3) is 0 Å². The van der Waals surface area contributed by atoms with E-state index in [1.54, 1.807) is 13.0 Å². The third kappa shape index (κ3) is 3.24. The van der Waals surface area contributed by atoms with Gasteiger partial charge in [0.15, 0.2) is 9.84 Å². The van der Waals surface area contributed by atoms with Crippen LogP contribution in [0.2, 0.25) is 0 Å². The molecular weight excluding hydrogens is 316 g/mol. The molecule has 0 bridgehead atoms. The topological polar surface area (TPSA) is 83.6 Å². The quantitative estimate of drug-likeness (QED) is 0.912. The fourth-order valence-corrected chi connectivity index (χ4v) is 3.37. The molecule has 0 radical (unpaired) electrons. The van der Waals surface area contributed by atoms with Gasteiger partial charge < -0.3 is 5.32 Å². The van der Waals surface area contributed by atoms with Crippen molar-refractivity contribution in [3.05, 3.63) is 18.2 Å². The number of rotatable bonds is 4. The van der Waals surface area contributed by atoms with Crippen LogP contribution in [0.15, 0.2) is 23.1 Å². The van der Waals surface area contributed by atoms with Crippen LogP contribution < -0.4 is 10.2 Å². The number of nitrogens with zero attached hydrogens (tertiary/aromatic N) is 1. The second kappa shape index (κ2) is 6.31. The molecule has 0 saturated carbocycles. The van der Waals surface area contributed by atoms with Gasteiger partial charge >= 0.3 is 0 Å². The summed E-state index contributed by atoms with van der Waals surface area (Å²) >= 11 is 0. The summed E-state index contributed by atoms with van der Waals surface area (Å²) in [6.45, 7) is 5.64. The summed E-state index contributed by atoms with van der Waals surface area (Å²) in [5.41, 5.74) is 0.911. The number of amides is 2. The first kappa shape index (κ1) is 17.5. The van der Waals surface area contributed by atoms with Crippen LogP contribution in [-0.4, -0.2) is 32.5 Å². The van der Waals surface area contributed by atoms with Crippen molar-refractivity contribution >= 4 is 33.0 Å². The lowest BCUT2D eigenvalue weighted by Crippen LogP contribution is -2.54. The third-order valence-corrected chi connectivity index (χ3v) is 5.32. The normalized spacial score (nSPS) is 19.0. The van der Waals surface area contributed by atoms with Gasteiger partial charge in [-0.05, 0) is 24.1 Å². The van der Waals surface area contributed by atoms with Crippen molar-refractivity contribution in [2.45, 2.75) is 44.6 Å². The highest BCUT2D eigenvalue weighted by atomic mass is 32.2. The summed E-state index contributed by atoms with van der Waals surface area (Å²) < 4.78 is 23.4. The van der Waals surface area contributed by atoms with Gasteiger partial charge in [0.25, 0.3) is 0 Å². The Bertz CT molecular complexity index is 742. The minimum absolute atomic E-state index is 0.00626. The van der Waals surface area contributed by atoms with E-state index in [1.807, 2.05) is 13.8 Å². The highest BCUT2D eigenvalue weighted by Crippen LogP contribution is 2.37. The van der Waals surface area contributed by atoms with Crippen LogP contribution >= 0.6 is 0 Å². The molecule has 2 atom stereocenters. The average Bonchev–Trinajstić information content (AvgIpc) is 2.50. The minimum atomic E-state index is -3.39. The van der Waals surface area contributed by atoms with Crippen LogP contribution in [0, 0.1) is 5.92 Å². The molecule has 0 spiro atoms. The van der Waals surface area contributed by atoms with E-state index in [0.29, 0.717) is 11.4 Å². The first-order chi connectivity index (χ1) is 10.7. The standard InChI is InChI=1S/C16H22N2O4S/c1-5-10(3)15-16(20)17-12-9-11(23(4,21)22)7-8-13(12)18(15)14(19)6-2/h7-10,15H,5-6H2,1-4H3,(H,17,20)/t10-,15-/m0/s1. The number of sulfone groups is 1. The fourth-order valence-electron chi connectivity index (χ4n) is 2.73. The van der Waals surface area contributed by atoms with Crippen LogP contribution in [0.5, 0.6) is 0 Å². The molecule has 1 aliphatic rings. The number of fused-ring (bicyclic) bond motifs is 1. The molecule has 23 heavy (non-hydrogen) atoms. The Morgan fingerprint density at radius 3 is 2.52 bits per heavy atom. The number of carbonyl (C=O) groups is 2. The largest absolute Gasteiger partial charge is 0.322 e. The third-order valence-electron chi connectivity index (χ3n) is 4.21. The molecule has 0 aromatic heterocycles. The number of hydrogen-bond acceptors (Lipinski definition) is 4. The highest BCUT2D eigenvalue weighted by molar-refractivity contribution is 7.90. The molecule has 1 aliphatic heterocycles. The van der Waals surface area contributed by atoms with Crippen molar-refractivity contribution in [2.24, 2.45) is 5.92 Å². The van der Waals surface area contributed by atoms with Crippen molar-refractivity contribution in [1.29, 1.82) is 0 Å². The highest BCUT2D eigenvalue weighted by Gasteiger charge is 2.39. The summed E-state index contributed by atoms with van der Waals surface area (Å²) in [6, 6.07) is 3.89. The fraction of sp³-hybridized carbons (Fsp3) is 0.500. The van der Waals surface area contributed by atoms with Crippen LogP contribution in [0.3, 0.4) is 0 Å². The van der Waals surface area contributed by atoms with Crippen molar-refractivity contribution in [1.82, 2.24) is 0 Å². The number of carbonyl (C=O) groups excluding carboxylic acids is 2. The first-order valence-corrected chi connectivity index (χ1v) is 9.56. The molecule has 1 N–H and O–H groups in total. The van der Waals surface area contributed by atoms with Gasteiger partial charge in [-0.2, -0.15) is 0 Å². The molecule has 2 amide bonds. The van der Waals surface area contributed by atoms with Gasteiger partial charge in [-0.1, -0.05) is 27.2 Å². The van der Waals surface area contributed by atoms with Gasteiger partial charge in [0.1, 0.15) is 6.04 Å². The van der Waals surface area contributed by atoms with E-state index in [1.165, 1.54) is 17.0 Å². The maximum Gasteiger partial charge on any atom is 0.247 e. The number of hydrogen-bond donors (Lipinski definition) is 1. The summed E-state index contributed by atoms with van der Waals surface area (Å²) in [7, 11) is -3.39. The smallest absolute Gasteiger partial charge is 0.247 e. The predicted molar refractivity (Wildman–Crippen MR) is 89.2 cm³/mol. The van der Waals surface area contributed by atoms with E-state index in [0.717, 1.165) is 12.7 Å². The van der Waals surface area contributed by atoms with Gasteiger partial charge in [-0.25, -0.2) is 8.42 Å². The first-order valence-electron chi connectivity index (χ1n) is 7.67. The lowest BCUT2D eigenvalue weighted by Gasteiger charge is -2.39. The molecule has 0 saturated heterocycles. The Morgan fingerprint density at radius 1 is 1.35 bits per heavy atom. The Hall–Kier alpha value is -1.89. The maximum atomic E-state index is 12.5. The van der Waals surface area contributed by atoms with Crippen LogP contribution in [-0.2, 0) is 19.4 Å². The van der Waals surface area contributed by atoms with E-state index in [2.05, 4.69) is 5.32 Å². The van der Waals surface area contributed by atoms with Gasteiger partial charge in [0.05, 0.1) is 16.3 Å². The zero-order valence-electron chi connectivity index (χ0n) is 13.8. The molecule has 6 nitrogen and oxygen atoms in total. The van der Waals surface area contributed by atoms with Crippen LogP contribution in [0.4, 0.5) is 11.4 Å². The Balaban J connectivity index is 2.60. The molecule has 0 aliphatic carbocycles. The molecule has 1 heterocycles. The number of benzene rings is 1. The second-order valence-electron chi connectivity index (χ2n) is 5.89. The van der Waals surface area contributed by atoms with Crippen molar-refractivity contribution < 1.29 is 18.0 Å². The zero-order chi connectivity index (χ0) is 17.4. The SMILES string of the molecule is CCC(=O)N1c2ccc(S(C)(=O)=O)cc2NC(=O)[C@@H]1[C@@H](C)CC. The number of nitrogens with one attached hydrogen (secondary N) is 1. The Morgan fingerprint density at radius 2 is 2.00 bits per heavy atom. The van der Waals surface area contributed by atoms with Gasteiger partial charge in [-0.15, -0.1) is 0 Å². The average molecular weight is 338 g/mol. The molecule has 0 fully saturated rings. The molecule has 2 rings (SSSR count). The lowest BCUT2D eigenvalue weighted by molar-refractivity contribution is -0.124. The summed E-state index contributed by atoms with van der Waals surface area (Å²) in [5, 5.41) is 2.75. The Kier molecular flexibility index (Phi) is 4.79. The monoisotopic (exact) mass is 338 g/mol. The molecule has 1 aromatic rings. The predicted octanol–water partition coefficient (Wildman–Crippen LogP) is 2.20. The Labute approximate surface area is 136 Å². The van der Waals surface area contributed by atoms with Gasteiger partial charge in [0.2, 0.25) is 11.8 Å². The van der Waals surface area contributed by atoms with E-state index in [-0.39, 0.29) is 29.0 Å². The van der Waals surface area contributed by atoms with Crippen molar-refractivity contribution in [3.63, 3.8) is 0 Å². The summed E-state index contributed by atoms with van der Waals surface area (Å²) in [4.78, 5) is 26.5. The summed E-state index contributed by atoms with van der Waals surface area (Å²) in [5.74, 6) is -0.439. The van der Waals surface area contributed by atoms with E-state index >= 15 is 0 Å². The van der Waals surface area contributed by atoms with Gasteiger partial charge in [-0.3, -0.25) is 14.5 Å².